The number of benzene rings is 3. The zero-order valence-corrected chi connectivity index (χ0v) is 23.8. The minimum atomic E-state index is 0. The predicted octanol–water partition coefficient (Wildman–Crippen LogP) is 9.18. The number of thioether (sulfide) groups is 1. The molecule has 4 heteroatoms. The van der Waals surface area contributed by atoms with Crippen molar-refractivity contribution in [2.75, 3.05) is 11.4 Å². The molecule has 0 N–H and O–H groups in total. The van der Waals surface area contributed by atoms with Gasteiger partial charge in [-0.25, -0.2) is 0 Å². The third-order valence-electron chi connectivity index (χ3n) is 7.19. The Morgan fingerprint density at radius 2 is 1.57 bits per heavy atom. The molecule has 0 amide bonds. The van der Waals surface area contributed by atoms with Gasteiger partial charge in [-0.15, -0.1) is 0 Å². The maximum Gasteiger partial charge on any atom is 0.263 e. The average molecular weight is 528 g/mol. The first-order valence-corrected chi connectivity index (χ1v) is 14.5. The van der Waals surface area contributed by atoms with E-state index in [1.54, 1.807) is 0 Å². The molecule has 0 fully saturated rings. The van der Waals surface area contributed by atoms with Crippen LogP contribution in [0.4, 0.5) is 5.69 Å². The Bertz CT molecular complexity index is 1490. The fourth-order valence-electron chi connectivity index (χ4n) is 4.87. The Hall–Kier alpha value is -2.82. The smallest absolute Gasteiger partial charge is 0.263 e. The van der Waals surface area contributed by atoms with Gasteiger partial charge in [0.25, 0.3) is 5.01 Å². The van der Waals surface area contributed by atoms with Crippen LogP contribution in [0, 0.1) is 27.7 Å². The second kappa shape index (κ2) is 11.3. The van der Waals surface area contributed by atoms with Gasteiger partial charge >= 0.3 is 0 Å². The first-order chi connectivity index (χ1) is 17.4. The standard InChI is InChI=1S/C32H35N2S2.CH4/c1-7-33-27-14-21(3)23(5)16-29(27)35-31(33)19-26(18-25-12-10-9-11-13-25)20-32-34(8-2)28-15-22(4)24(6)17-30(28)36-32;/h9-17,19-20H,7-8,18H2,1-6H3;1H4/q+1;. The van der Waals surface area contributed by atoms with E-state index >= 15 is 0 Å². The van der Waals surface area contributed by atoms with Crippen molar-refractivity contribution in [3.05, 3.63) is 104 Å². The van der Waals surface area contributed by atoms with Gasteiger partial charge in [-0.05, 0) is 106 Å². The zero-order chi connectivity index (χ0) is 25.4. The van der Waals surface area contributed by atoms with E-state index in [2.05, 4.69) is 118 Å². The van der Waals surface area contributed by atoms with Crippen molar-refractivity contribution in [3.8, 4) is 0 Å². The number of nitrogens with zero attached hydrogens (tertiary/aromatic N) is 2. The number of hydrogen-bond acceptors (Lipinski definition) is 3. The molecule has 0 radical (unpaired) electrons. The summed E-state index contributed by atoms with van der Waals surface area (Å²) in [6.45, 7) is 15.3. The molecule has 3 aromatic carbocycles. The molecule has 0 unspecified atom stereocenters. The van der Waals surface area contributed by atoms with Crippen LogP contribution in [0.2, 0.25) is 0 Å². The summed E-state index contributed by atoms with van der Waals surface area (Å²) in [5.41, 5.74) is 10.8. The largest absolute Gasteiger partial charge is 0.335 e. The first-order valence-electron chi connectivity index (χ1n) is 12.8. The van der Waals surface area contributed by atoms with Gasteiger partial charge in [-0.1, -0.05) is 60.9 Å². The summed E-state index contributed by atoms with van der Waals surface area (Å²) in [6, 6.07) is 20.2. The Labute approximate surface area is 231 Å². The molecule has 0 aliphatic carbocycles. The van der Waals surface area contributed by atoms with Crippen LogP contribution in [0.25, 0.3) is 16.3 Å². The van der Waals surface area contributed by atoms with Gasteiger partial charge in [0.1, 0.15) is 11.2 Å². The first kappa shape index (κ1) is 27.2. The van der Waals surface area contributed by atoms with Gasteiger partial charge < -0.3 is 4.90 Å². The quantitative estimate of drug-likeness (QED) is 0.231. The molecule has 1 aromatic heterocycles. The van der Waals surface area contributed by atoms with Crippen LogP contribution in [-0.4, -0.2) is 6.54 Å². The fourth-order valence-corrected chi connectivity index (χ4v) is 7.43. The van der Waals surface area contributed by atoms with Crippen LogP contribution >= 0.6 is 23.1 Å². The maximum atomic E-state index is 2.47. The van der Waals surface area contributed by atoms with E-state index in [0.717, 1.165) is 19.5 Å². The minimum absolute atomic E-state index is 0. The Kier molecular flexibility index (Phi) is 8.30. The fraction of sp³-hybridized carbons (Fsp3) is 0.303. The number of anilines is 1. The normalized spacial score (nSPS) is 14.4. The second-order valence-corrected chi connectivity index (χ2v) is 11.8. The number of allylic oxidation sites excluding steroid dienone is 2. The summed E-state index contributed by atoms with van der Waals surface area (Å²) < 4.78 is 3.83. The van der Waals surface area contributed by atoms with Gasteiger partial charge in [0.15, 0.2) is 0 Å². The van der Waals surface area contributed by atoms with Gasteiger partial charge in [0, 0.05) is 23.6 Å². The number of aryl methyl sites for hydroxylation is 5. The average Bonchev–Trinajstić information content (AvgIpc) is 3.35. The highest BCUT2D eigenvalue weighted by Gasteiger charge is 2.25. The molecular weight excluding hydrogens is 489 g/mol. The number of rotatable bonds is 6. The van der Waals surface area contributed by atoms with Crippen molar-refractivity contribution in [1.29, 1.82) is 0 Å². The van der Waals surface area contributed by atoms with Crippen LogP contribution < -0.4 is 9.47 Å². The summed E-state index contributed by atoms with van der Waals surface area (Å²) in [4.78, 5) is 3.83. The minimum Gasteiger partial charge on any atom is -0.335 e. The van der Waals surface area contributed by atoms with E-state index in [1.165, 1.54) is 64.2 Å². The molecular formula is C33H39N2S2+. The number of fused-ring (bicyclic) bond motifs is 2. The number of hydrogen-bond donors (Lipinski definition) is 0. The van der Waals surface area contributed by atoms with Crippen molar-refractivity contribution >= 4 is 45.1 Å². The Morgan fingerprint density at radius 3 is 2.27 bits per heavy atom. The monoisotopic (exact) mass is 527 g/mol. The third kappa shape index (κ3) is 5.42. The lowest BCUT2D eigenvalue weighted by molar-refractivity contribution is -0.665. The molecule has 1 aliphatic rings. The highest BCUT2D eigenvalue weighted by atomic mass is 32.2. The van der Waals surface area contributed by atoms with Crippen LogP contribution in [0.15, 0.2) is 76.2 Å². The van der Waals surface area contributed by atoms with E-state index < -0.39 is 0 Å². The van der Waals surface area contributed by atoms with Gasteiger partial charge in [0.2, 0.25) is 5.52 Å². The van der Waals surface area contributed by atoms with Crippen molar-refractivity contribution in [3.63, 3.8) is 0 Å². The van der Waals surface area contributed by atoms with Gasteiger partial charge in [-0.3, -0.25) is 0 Å². The van der Waals surface area contributed by atoms with E-state index in [1.807, 2.05) is 23.1 Å². The lowest BCUT2D eigenvalue weighted by Gasteiger charge is -2.19. The van der Waals surface area contributed by atoms with Crippen molar-refractivity contribution < 1.29 is 4.57 Å². The van der Waals surface area contributed by atoms with Crippen LogP contribution in [0.5, 0.6) is 0 Å². The SMILES string of the molecule is C.CCN1/C(=C/C(=C/c2sc3cc(C)c(C)cc3[n+]2CC)Cc2ccccc2)Sc2cc(C)c(C)cc21. The molecule has 4 aromatic rings. The summed E-state index contributed by atoms with van der Waals surface area (Å²) in [7, 11) is 0. The zero-order valence-electron chi connectivity index (χ0n) is 22.2. The molecule has 37 heavy (non-hydrogen) atoms. The Morgan fingerprint density at radius 1 is 0.892 bits per heavy atom. The predicted molar refractivity (Wildman–Crippen MR) is 165 cm³/mol. The summed E-state index contributed by atoms with van der Waals surface area (Å²) in [5, 5.41) is 2.63. The molecule has 1 aliphatic heterocycles. The van der Waals surface area contributed by atoms with Crippen LogP contribution in [0.1, 0.15) is 54.1 Å². The molecule has 0 spiro atoms. The van der Waals surface area contributed by atoms with Crippen LogP contribution in [0.3, 0.4) is 0 Å². The highest BCUT2D eigenvalue weighted by molar-refractivity contribution is 8.03. The van der Waals surface area contributed by atoms with Crippen molar-refractivity contribution in [1.82, 2.24) is 0 Å². The van der Waals surface area contributed by atoms with Gasteiger partial charge in [-0.2, -0.15) is 4.57 Å². The molecule has 192 valence electrons. The molecule has 0 saturated heterocycles. The topological polar surface area (TPSA) is 7.12 Å². The van der Waals surface area contributed by atoms with E-state index in [0.29, 0.717) is 0 Å². The third-order valence-corrected chi connectivity index (χ3v) is 9.38. The summed E-state index contributed by atoms with van der Waals surface area (Å²) in [5.74, 6) is 0. The maximum absolute atomic E-state index is 2.47. The van der Waals surface area contributed by atoms with E-state index in [9.17, 15) is 0 Å². The lowest BCUT2D eigenvalue weighted by Crippen LogP contribution is -2.33. The molecule has 5 rings (SSSR count). The molecule has 2 heterocycles. The number of thiazole rings is 1. The van der Waals surface area contributed by atoms with Crippen LogP contribution in [-0.2, 0) is 13.0 Å². The second-order valence-electron chi connectivity index (χ2n) is 9.70. The van der Waals surface area contributed by atoms with E-state index in [4.69, 9.17) is 0 Å². The molecule has 0 bridgehead atoms. The Balaban J connectivity index is 0.00000320. The van der Waals surface area contributed by atoms with Gasteiger partial charge in [0.05, 0.1) is 10.7 Å². The van der Waals surface area contributed by atoms with Crippen molar-refractivity contribution in [2.24, 2.45) is 0 Å². The van der Waals surface area contributed by atoms with E-state index in [-0.39, 0.29) is 7.43 Å². The lowest BCUT2D eigenvalue weighted by atomic mass is 10.0. The molecule has 0 saturated carbocycles. The molecule has 2 nitrogen and oxygen atoms in total. The molecule has 0 atom stereocenters. The summed E-state index contributed by atoms with van der Waals surface area (Å²) >= 11 is 3.81. The summed E-state index contributed by atoms with van der Waals surface area (Å²) in [6.07, 6.45) is 5.76. The highest BCUT2D eigenvalue weighted by Crippen LogP contribution is 2.47. The number of aromatic nitrogens is 1. The van der Waals surface area contributed by atoms with Crippen molar-refractivity contribution in [2.45, 2.75) is 66.8 Å².